The summed E-state index contributed by atoms with van der Waals surface area (Å²) in [6.45, 7) is 1.56. The molecule has 3 rings (SSSR count). The number of methoxy groups -OCH3 is 1. The number of anilines is 2. The minimum atomic E-state index is -3.82. The zero-order valence-corrected chi connectivity index (χ0v) is 18.1. The Hall–Kier alpha value is -3.34. The maximum Gasteiger partial charge on any atom is 0.271 e. The van der Waals surface area contributed by atoms with Crippen molar-refractivity contribution in [2.24, 2.45) is 0 Å². The first-order chi connectivity index (χ1) is 14.7. The molecule has 1 fully saturated rings. The molecule has 1 heterocycles. The van der Waals surface area contributed by atoms with E-state index in [1.54, 1.807) is 12.0 Å². The molecular formula is C20H24N4O6S. The number of sulfonamides is 1. The summed E-state index contributed by atoms with van der Waals surface area (Å²) in [5, 5.41) is 11.0. The summed E-state index contributed by atoms with van der Waals surface area (Å²) < 4.78 is 30.9. The summed E-state index contributed by atoms with van der Waals surface area (Å²) in [7, 11) is -2.22. The van der Waals surface area contributed by atoms with Crippen LogP contribution in [0.15, 0.2) is 48.5 Å². The molecule has 0 saturated carbocycles. The quantitative estimate of drug-likeness (QED) is 0.468. The van der Waals surface area contributed by atoms with Gasteiger partial charge >= 0.3 is 0 Å². The van der Waals surface area contributed by atoms with Gasteiger partial charge in [0.1, 0.15) is 12.3 Å². The molecule has 2 aromatic rings. The van der Waals surface area contributed by atoms with Gasteiger partial charge in [0.15, 0.2) is 0 Å². The fraction of sp³-hybridized carbons (Fsp3) is 0.350. The molecule has 11 heteroatoms. The van der Waals surface area contributed by atoms with Gasteiger partial charge in [-0.15, -0.1) is 0 Å². The average molecular weight is 449 g/mol. The Kier molecular flexibility index (Phi) is 6.64. The van der Waals surface area contributed by atoms with Crippen LogP contribution in [-0.4, -0.2) is 70.2 Å². The molecule has 0 spiro atoms. The van der Waals surface area contributed by atoms with Crippen LogP contribution in [0.2, 0.25) is 0 Å². The lowest BCUT2D eigenvalue weighted by Gasteiger charge is -2.37. The summed E-state index contributed by atoms with van der Waals surface area (Å²) in [6.07, 6.45) is 0.971. The summed E-state index contributed by atoms with van der Waals surface area (Å²) in [6, 6.07) is 12.9. The van der Waals surface area contributed by atoms with Gasteiger partial charge in [-0.3, -0.25) is 19.2 Å². The number of hydrogen-bond acceptors (Lipinski definition) is 7. The Labute approximate surface area is 180 Å². The van der Waals surface area contributed by atoms with E-state index in [1.165, 1.54) is 18.2 Å². The highest BCUT2D eigenvalue weighted by Gasteiger charge is 2.28. The molecule has 2 aromatic carbocycles. The second-order valence-corrected chi connectivity index (χ2v) is 8.99. The molecule has 0 atom stereocenters. The zero-order valence-electron chi connectivity index (χ0n) is 17.3. The number of amides is 1. The third-order valence-electron chi connectivity index (χ3n) is 5.07. The topological polar surface area (TPSA) is 113 Å². The van der Waals surface area contributed by atoms with Gasteiger partial charge in [0.05, 0.1) is 29.7 Å². The summed E-state index contributed by atoms with van der Waals surface area (Å²) in [5.41, 5.74) is 0.771. The van der Waals surface area contributed by atoms with Crippen molar-refractivity contribution in [2.45, 2.75) is 0 Å². The molecule has 0 aromatic heterocycles. The lowest BCUT2D eigenvalue weighted by molar-refractivity contribution is -0.384. The van der Waals surface area contributed by atoms with Gasteiger partial charge in [0.2, 0.25) is 15.9 Å². The van der Waals surface area contributed by atoms with E-state index in [-0.39, 0.29) is 17.3 Å². The van der Waals surface area contributed by atoms with Crippen molar-refractivity contribution in [2.75, 3.05) is 55.3 Å². The van der Waals surface area contributed by atoms with E-state index in [4.69, 9.17) is 4.74 Å². The highest BCUT2D eigenvalue weighted by Crippen LogP contribution is 2.28. The third kappa shape index (κ3) is 5.23. The predicted molar refractivity (Wildman–Crippen MR) is 117 cm³/mol. The zero-order chi connectivity index (χ0) is 22.6. The first-order valence-corrected chi connectivity index (χ1v) is 11.4. The molecule has 0 aliphatic carbocycles. The van der Waals surface area contributed by atoms with Gasteiger partial charge < -0.3 is 14.5 Å². The Morgan fingerprint density at radius 2 is 1.81 bits per heavy atom. The first kappa shape index (κ1) is 22.3. The molecule has 31 heavy (non-hydrogen) atoms. The van der Waals surface area contributed by atoms with Crippen LogP contribution in [0, 0.1) is 10.1 Å². The van der Waals surface area contributed by atoms with Gasteiger partial charge in [0, 0.05) is 38.3 Å². The fourth-order valence-corrected chi connectivity index (χ4v) is 4.31. The predicted octanol–water partition coefficient (Wildman–Crippen LogP) is 1.72. The van der Waals surface area contributed by atoms with E-state index in [0.717, 1.165) is 28.1 Å². The van der Waals surface area contributed by atoms with E-state index in [9.17, 15) is 23.3 Å². The van der Waals surface area contributed by atoms with Crippen molar-refractivity contribution < 1.29 is 22.9 Å². The van der Waals surface area contributed by atoms with E-state index >= 15 is 0 Å². The van der Waals surface area contributed by atoms with E-state index in [2.05, 4.69) is 4.90 Å². The number of carbonyl (C=O) groups is 1. The number of rotatable bonds is 7. The monoisotopic (exact) mass is 448 g/mol. The number of hydrogen-bond donors (Lipinski definition) is 0. The number of carbonyl (C=O) groups excluding carboxylic acids is 1. The third-order valence-corrected chi connectivity index (χ3v) is 6.21. The minimum absolute atomic E-state index is 0.0812. The van der Waals surface area contributed by atoms with Crippen LogP contribution in [0.5, 0.6) is 5.75 Å². The fourth-order valence-electron chi connectivity index (χ4n) is 3.47. The average Bonchev–Trinajstić information content (AvgIpc) is 2.76. The van der Waals surface area contributed by atoms with Crippen LogP contribution in [0.25, 0.3) is 0 Å². The molecule has 0 N–H and O–H groups in total. The van der Waals surface area contributed by atoms with E-state index in [1.807, 2.05) is 24.3 Å². The highest BCUT2D eigenvalue weighted by atomic mass is 32.2. The van der Waals surface area contributed by atoms with Crippen molar-refractivity contribution >= 4 is 33.0 Å². The van der Waals surface area contributed by atoms with Gasteiger partial charge in [-0.25, -0.2) is 8.42 Å². The number of benzene rings is 2. The molecule has 1 aliphatic heterocycles. The number of ether oxygens (including phenoxy) is 1. The van der Waals surface area contributed by atoms with Crippen LogP contribution in [0.4, 0.5) is 17.1 Å². The molecule has 0 unspecified atom stereocenters. The number of nitro benzene ring substituents is 1. The van der Waals surface area contributed by atoms with Crippen molar-refractivity contribution in [1.29, 1.82) is 0 Å². The second kappa shape index (κ2) is 9.21. The molecule has 10 nitrogen and oxygen atoms in total. The van der Waals surface area contributed by atoms with E-state index in [0.29, 0.717) is 26.2 Å². The molecule has 0 radical (unpaired) electrons. The lowest BCUT2D eigenvalue weighted by Crippen LogP contribution is -2.52. The SMILES string of the molecule is COc1ccccc1N1CCN(C(=O)CN(c2cccc([N+](=O)[O-])c2)S(C)(=O)=O)CC1. The number of para-hydroxylation sites is 2. The first-order valence-electron chi connectivity index (χ1n) is 9.58. The Morgan fingerprint density at radius 3 is 2.42 bits per heavy atom. The maximum atomic E-state index is 12.9. The largest absolute Gasteiger partial charge is 0.495 e. The smallest absolute Gasteiger partial charge is 0.271 e. The van der Waals surface area contributed by atoms with Crippen molar-refractivity contribution in [3.63, 3.8) is 0 Å². The summed E-state index contributed by atoms with van der Waals surface area (Å²) >= 11 is 0. The number of nitro groups is 1. The van der Waals surface area contributed by atoms with Crippen LogP contribution < -0.4 is 13.9 Å². The highest BCUT2D eigenvalue weighted by molar-refractivity contribution is 7.92. The van der Waals surface area contributed by atoms with Gasteiger partial charge in [-0.1, -0.05) is 18.2 Å². The van der Waals surface area contributed by atoms with Crippen molar-refractivity contribution in [3.05, 3.63) is 58.6 Å². The van der Waals surface area contributed by atoms with Gasteiger partial charge in [0.25, 0.3) is 5.69 Å². The molecular weight excluding hydrogens is 424 g/mol. The van der Waals surface area contributed by atoms with Gasteiger partial charge in [-0.2, -0.15) is 0 Å². The molecule has 1 saturated heterocycles. The Balaban J connectivity index is 1.71. The maximum absolute atomic E-state index is 12.9. The number of nitrogens with zero attached hydrogens (tertiary/aromatic N) is 4. The Morgan fingerprint density at radius 1 is 1.13 bits per heavy atom. The lowest BCUT2D eigenvalue weighted by atomic mass is 10.2. The normalized spacial score (nSPS) is 14.3. The molecule has 1 amide bonds. The van der Waals surface area contributed by atoms with Crippen molar-refractivity contribution in [1.82, 2.24) is 4.90 Å². The molecule has 0 bridgehead atoms. The minimum Gasteiger partial charge on any atom is -0.495 e. The molecule has 166 valence electrons. The molecule has 1 aliphatic rings. The van der Waals surface area contributed by atoms with Crippen LogP contribution >= 0.6 is 0 Å². The number of piperazine rings is 1. The van der Waals surface area contributed by atoms with E-state index < -0.39 is 21.5 Å². The summed E-state index contributed by atoms with van der Waals surface area (Å²) in [5.74, 6) is 0.382. The van der Waals surface area contributed by atoms with Crippen LogP contribution in [-0.2, 0) is 14.8 Å². The van der Waals surface area contributed by atoms with Gasteiger partial charge in [-0.05, 0) is 18.2 Å². The van der Waals surface area contributed by atoms with Crippen molar-refractivity contribution in [3.8, 4) is 5.75 Å². The number of non-ortho nitro benzene ring substituents is 1. The van der Waals surface area contributed by atoms with Crippen LogP contribution in [0.3, 0.4) is 0 Å². The standard InChI is InChI=1S/C20H24N4O6S/c1-30-19-9-4-3-8-18(19)21-10-12-22(13-11-21)20(25)15-23(31(2,28)29)16-6-5-7-17(14-16)24(26)27/h3-9,14H,10-13,15H2,1-2H3. The van der Waals surface area contributed by atoms with Crippen LogP contribution in [0.1, 0.15) is 0 Å². The Bertz CT molecular complexity index is 1070. The second-order valence-electron chi connectivity index (χ2n) is 7.09. The summed E-state index contributed by atoms with van der Waals surface area (Å²) in [4.78, 5) is 27.0.